The van der Waals surface area contributed by atoms with Gasteiger partial charge in [-0.25, -0.2) is 0 Å². The fraction of sp³-hybridized carbons (Fsp3) is 0.308. The Kier molecular flexibility index (Phi) is 4.68. The van der Waals surface area contributed by atoms with Gasteiger partial charge in [0.1, 0.15) is 0 Å². The molecular weight excluding hydrogens is 312 g/mol. The highest BCUT2D eigenvalue weighted by molar-refractivity contribution is 5.63. The van der Waals surface area contributed by atoms with Crippen LogP contribution in [-0.4, -0.2) is 0 Å². The molecule has 1 saturated carbocycles. The average Bonchev–Trinajstić information content (AvgIpc) is 2.99. The standard InChI is InChI=1S/C26H28/c1-4-20-9-11-22(12-10-20)23-13-14-24-16-25(19(3)26(24)17-23)15-21-7-5-18(2)6-8-21/h5-12,14-15,23,26H,3-4,13,16-17H2,1-2H3. The average molecular weight is 341 g/mol. The Morgan fingerprint density at radius 2 is 1.77 bits per heavy atom. The lowest BCUT2D eigenvalue weighted by molar-refractivity contribution is 0.524. The SMILES string of the molecule is C=C1C(=Cc2ccc(C)cc2)CC2=CCC(c3ccc(CC)cc3)CC12. The molecule has 0 bridgehead atoms. The molecule has 0 saturated heterocycles. The quantitative estimate of drug-likeness (QED) is 0.527. The first-order chi connectivity index (χ1) is 12.6. The molecule has 2 aliphatic carbocycles. The van der Waals surface area contributed by atoms with Crippen molar-refractivity contribution in [3.8, 4) is 0 Å². The number of fused-ring (bicyclic) bond motifs is 1. The first-order valence-corrected chi connectivity index (χ1v) is 9.88. The molecule has 2 unspecified atom stereocenters. The van der Waals surface area contributed by atoms with Gasteiger partial charge in [-0.3, -0.25) is 0 Å². The second-order valence-corrected chi connectivity index (χ2v) is 7.88. The molecule has 0 N–H and O–H groups in total. The van der Waals surface area contributed by atoms with Crippen molar-refractivity contribution >= 4 is 6.08 Å². The smallest absolute Gasteiger partial charge is 0.00543 e. The lowest BCUT2D eigenvalue weighted by atomic mass is 9.78. The fourth-order valence-electron chi connectivity index (χ4n) is 4.39. The molecule has 132 valence electrons. The predicted octanol–water partition coefficient (Wildman–Crippen LogP) is 7.02. The summed E-state index contributed by atoms with van der Waals surface area (Å²) in [5.41, 5.74) is 9.87. The van der Waals surface area contributed by atoms with E-state index in [1.165, 1.54) is 46.2 Å². The Morgan fingerprint density at radius 1 is 1.04 bits per heavy atom. The highest BCUT2D eigenvalue weighted by atomic mass is 14.4. The molecule has 0 aromatic heterocycles. The number of hydrogen-bond donors (Lipinski definition) is 0. The molecule has 0 spiro atoms. The lowest BCUT2D eigenvalue weighted by Crippen LogP contribution is -2.12. The van der Waals surface area contributed by atoms with Crippen molar-refractivity contribution in [1.29, 1.82) is 0 Å². The highest BCUT2D eigenvalue weighted by Crippen LogP contribution is 2.49. The summed E-state index contributed by atoms with van der Waals surface area (Å²) in [6, 6.07) is 18.1. The van der Waals surface area contributed by atoms with E-state index in [2.05, 4.69) is 81.1 Å². The minimum Gasteiger partial charge on any atom is -0.0949 e. The van der Waals surface area contributed by atoms with Crippen molar-refractivity contribution in [2.75, 3.05) is 0 Å². The second-order valence-electron chi connectivity index (χ2n) is 7.88. The molecule has 0 aliphatic heterocycles. The zero-order valence-electron chi connectivity index (χ0n) is 16.0. The summed E-state index contributed by atoms with van der Waals surface area (Å²) in [4.78, 5) is 0. The van der Waals surface area contributed by atoms with Crippen molar-refractivity contribution in [2.45, 2.75) is 45.4 Å². The number of benzene rings is 2. The van der Waals surface area contributed by atoms with Crippen LogP contribution in [0.2, 0.25) is 0 Å². The van der Waals surface area contributed by atoms with Crippen LogP contribution in [0, 0.1) is 12.8 Å². The number of aryl methyl sites for hydroxylation is 2. The Balaban J connectivity index is 1.53. The number of hydrogen-bond acceptors (Lipinski definition) is 0. The van der Waals surface area contributed by atoms with E-state index in [1.807, 2.05) is 0 Å². The Bertz CT molecular complexity index is 859. The van der Waals surface area contributed by atoms with Gasteiger partial charge in [-0.05, 0) is 66.4 Å². The van der Waals surface area contributed by atoms with E-state index in [0.29, 0.717) is 11.8 Å². The van der Waals surface area contributed by atoms with E-state index >= 15 is 0 Å². The maximum Gasteiger partial charge on any atom is 0.00543 e. The van der Waals surface area contributed by atoms with Crippen molar-refractivity contribution in [3.05, 3.63) is 100 Å². The summed E-state index contributed by atoms with van der Waals surface area (Å²) in [6.07, 6.45) is 9.41. The third kappa shape index (κ3) is 3.33. The minimum atomic E-state index is 0.538. The molecule has 2 atom stereocenters. The summed E-state index contributed by atoms with van der Waals surface area (Å²) in [6.45, 7) is 8.83. The summed E-state index contributed by atoms with van der Waals surface area (Å²) in [5.74, 6) is 1.17. The minimum absolute atomic E-state index is 0.538. The van der Waals surface area contributed by atoms with Gasteiger partial charge in [0.05, 0.1) is 0 Å². The van der Waals surface area contributed by atoms with Crippen LogP contribution in [0.3, 0.4) is 0 Å². The van der Waals surface area contributed by atoms with Crippen LogP contribution in [0.15, 0.2) is 77.9 Å². The van der Waals surface area contributed by atoms with Gasteiger partial charge in [-0.1, -0.05) is 85.3 Å². The van der Waals surface area contributed by atoms with Crippen molar-refractivity contribution < 1.29 is 0 Å². The maximum absolute atomic E-state index is 4.48. The molecule has 0 nitrogen and oxygen atoms in total. The van der Waals surface area contributed by atoms with Gasteiger partial charge in [0, 0.05) is 5.92 Å². The molecule has 26 heavy (non-hydrogen) atoms. The van der Waals surface area contributed by atoms with Crippen molar-refractivity contribution in [2.24, 2.45) is 5.92 Å². The van der Waals surface area contributed by atoms with Crippen LogP contribution < -0.4 is 0 Å². The summed E-state index contributed by atoms with van der Waals surface area (Å²) in [7, 11) is 0. The molecule has 0 heterocycles. The molecule has 2 aliphatic rings. The van der Waals surface area contributed by atoms with Crippen LogP contribution in [0.1, 0.15) is 54.4 Å². The largest absolute Gasteiger partial charge is 0.0949 e. The predicted molar refractivity (Wildman–Crippen MR) is 112 cm³/mol. The van der Waals surface area contributed by atoms with Gasteiger partial charge in [0.15, 0.2) is 0 Å². The second kappa shape index (κ2) is 7.11. The summed E-state index contributed by atoms with van der Waals surface area (Å²) >= 11 is 0. The van der Waals surface area contributed by atoms with E-state index in [-0.39, 0.29) is 0 Å². The normalized spacial score (nSPS) is 23.8. The zero-order valence-corrected chi connectivity index (χ0v) is 16.0. The fourth-order valence-corrected chi connectivity index (χ4v) is 4.39. The summed E-state index contributed by atoms with van der Waals surface area (Å²) < 4.78 is 0. The molecule has 1 fully saturated rings. The van der Waals surface area contributed by atoms with Gasteiger partial charge in [0.2, 0.25) is 0 Å². The first-order valence-electron chi connectivity index (χ1n) is 9.88. The molecular formula is C26H28. The Labute approximate surface area is 158 Å². The summed E-state index contributed by atoms with van der Waals surface area (Å²) in [5, 5.41) is 0. The van der Waals surface area contributed by atoms with Gasteiger partial charge in [0.25, 0.3) is 0 Å². The lowest BCUT2D eigenvalue weighted by Gasteiger charge is -2.26. The molecule has 2 aromatic rings. The highest BCUT2D eigenvalue weighted by Gasteiger charge is 2.33. The molecule has 0 amide bonds. The van der Waals surface area contributed by atoms with Crippen LogP contribution in [-0.2, 0) is 6.42 Å². The molecule has 0 heteroatoms. The van der Waals surface area contributed by atoms with Crippen LogP contribution in [0.5, 0.6) is 0 Å². The van der Waals surface area contributed by atoms with Crippen LogP contribution in [0.25, 0.3) is 6.08 Å². The van der Waals surface area contributed by atoms with E-state index in [0.717, 1.165) is 12.8 Å². The van der Waals surface area contributed by atoms with Crippen LogP contribution in [0.4, 0.5) is 0 Å². The van der Waals surface area contributed by atoms with Crippen molar-refractivity contribution in [1.82, 2.24) is 0 Å². The third-order valence-electron chi connectivity index (χ3n) is 6.14. The van der Waals surface area contributed by atoms with E-state index < -0.39 is 0 Å². The first kappa shape index (κ1) is 17.1. The number of rotatable bonds is 3. The van der Waals surface area contributed by atoms with E-state index in [4.69, 9.17) is 0 Å². The maximum atomic E-state index is 4.48. The molecule has 4 rings (SSSR count). The van der Waals surface area contributed by atoms with Gasteiger partial charge < -0.3 is 0 Å². The zero-order chi connectivity index (χ0) is 18.1. The molecule has 0 radical (unpaired) electrons. The van der Waals surface area contributed by atoms with Gasteiger partial charge in [-0.2, -0.15) is 0 Å². The van der Waals surface area contributed by atoms with E-state index in [9.17, 15) is 0 Å². The molecule has 2 aromatic carbocycles. The van der Waals surface area contributed by atoms with Crippen LogP contribution >= 0.6 is 0 Å². The topological polar surface area (TPSA) is 0 Å². The monoisotopic (exact) mass is 340 g/mol. The number of allylic oxidation sites excluding steroid dienone is 4. The Morgan fingerprint density at radius 3 is 2.46 bits per heavy atom. The third-order valence-corrected chi connectivity index (χ3v) is 6.14. The Hall–Kier alpha value is -2.34. The van der Waals surface area contributed by atoms with Gasteiger partial charge >= 0.3 is 0 Å². The van der Waals surface area contributed by atoms with Crippen molar-refractivity contribution in [3.63, 3.8) is 0 Å². The van der Waals surface area contributed by atoms with E-state index in [1.54, 1.807) is 5.57 Å². The van der Waals surface area contributed by atoms with Gasteiger partial charge in [-0.15, -0.1) is 0 Å².